The molecule has 170 valence electrons. The van der Waals surface area contributed by atoms with E-state index >= 15 is 0 Å². The molecule has 0 amide bonds. The SMILES string of the molecule is C=Cc1c(/C=C\CC)[nH]c2ccccc2n(-c2cccc(-c3ccccc3)c2)c(/C=C\C)c1C. The minimum atomic E-state index is 0.972. The maximum Gasteiger partial charge on any atom is 0.0696 e. The second kappa shape index (κ2) is 10.7. The number of allylic oxidation sites excluding steroid dienone is 2. The number of fused-ring (bicyclic) bond motifs is 1. The Labute approximate surface area is 202 Å². The fourth-order valence-corrected chi connectivity index (χ4v) is 4.35. The molecule has 2 nitrogen and oxygen atoms in total. The molecular formula is C32H32N2. The van der Waals surface area contributed by atoms with Crippen LogP contribution in [0.1, 0.15) is 42.8 Å². The van der Waals surface area contributed by atoms with Crippen LogP contribution in [0.3, 0.4) is 0 Å². The third-order valence-corrected chi connectivity index (χ3v) is 5.99. The van der Waals surface area contributed by atoms with Crippen molar-refractivity contribution in [1.29, 1.82) is 0 Å². The Bertz CT molecular complexity index is 1410. The van der Waals surface area contributed by atoms with Crippen molar-refractivity contribution in [2.45, 2.75) is 27.2 Å². The van der Waals surface area contributed by atoms with Gasteiger partial charge in [0.25, 0.3) is 0 Å². The summed E-state index contributed by atoms with van der Waals surface area (Å²) < 4.78 is 2.34. The highest BCUT2D eigenvalue weighted by molar-refractivity contribution is 5.81. The molecule has 3 aromatic carbocycles. The van der Waals surface area contributed by atoms with Gasteiger partial charge < -0.3 is 9.55 Å². The van der Waals surface area contributed by atoms with Crippen LogP contribution in [0.25, 0.3) is 46.1 Å². The van der Waals surface area contributed by atoms with Gasteiger partial charge in [-0.2, -0.15) is 0 Å². The van der Waals surface area contributed by atoms with Crippen LogP contribution in [0.4, 0.5) is 0 Å². The number of benzene rings is 3. The molecule has 4 rings (SSSR count). The number of hydrogen-bond acceptors (Lipinski definition) is 0. The van der Waals surface area contributed by atoms with Crippen LogP contribution >= 0.6 is 0 Å². The second-order valence-corrected chi connectivity index (χ2v) is 8.25. The fraction of sp³-hybridized carbons (Fsp3) is 0.125. The molecule has 0 radical (unpaired) electrons. The number of aromatic nitrogens is 2. The molecule has 0 aliphatic rings. The Hall–Kier alpha value is -4.04. The molecule has 1 N–H and O–H groups in total. The zero-order valence-electron chi connectivity index (χ0n) is 20.3. The summed E-state index contributed by atoms with van der Waals surface area (Å²) in [4.78, 5) is 3.70. The maximum atomic E-state index is 4.16. The smallest absolute Gasteiger partial charge is 0.0696 e. The molecule has 0 spiro atoms. The number of aromatic amines is 1. The van der Waals surface area contributed by atoms with E-state index < -0.39 is 0 Å². The second-order valence-electron chi connectivity index (χ2n) is 8.25. The average molecular weight is 445 g/mol. The van der Waals surface area contributed by atoms with Crippen molar-refractivity contribution in [2.75, 3.05) is 0 Å². The first-order chi connectivity index (χ1) is 16.7. The summed E-state index contributed by atoms with van der Waals surface area (Å²) >= 11 is 0. The first-order valence-corrected chi connectivity index (χ1v) is 11.9. The number of hydrogen-bond donors (Lipinski definition) is 1. The third-order valence-electron chi connectivity index (χ3n) is 5.99. The molecule has 0 aliphatic carbocycles. The van der Waals surface area contributed by atoms with Crippen molar-refractivity contribution in [3.05, 3.63) is 120 Å². The number of nitrogens with one attached hydrogen (secondary N) is 1. The summed E-state index contributed by atoms with van der Waals surface area (Å²) in [6.45, 7) is 10.6. The van der Waals surface area contributed by atoms with Crippen molar-refractivity contribution in [3.8, 4) is 16.8 Å². The highest BCUT2D eigenvalue weighted by Gasteiger charge is 2.12. The van der Waals surface area contributed by atoms with Gasteiger partial charge >= 0.3 is 0 Å². The Kier molecular flexibility index (Phi) is 7.29. The summed E-state index contributed by atoms with van der Waals surface area (Å²) in [5.41, 5.74) is 10.1. The minimum absolute atomic E-state index is 0.972. The monoisotopic (exact) mass is 444 g/mol. The molecule has 4 aromatic rings. The van der Waals surface area contributed by atoms with E-state index in [9.17, 15) is 0 Å². The summed E-state index contributed by atoms with van der Waals surface area (Å²) in [5, 5.41) is 0. The van der Waals surface area contributed by atoms with Gasteiger partial charge in [-0.15, -0.1) is 0 Å². The highest BCUT2D eigenvalue weighted by Crippen LogP contribution is 2.29. The van der Waals surface area contributed by atoms with Crippen molar-refractivity contribution >= 4 is 29.3 Å². The van der Waals surface area contributed by atoms with Gasteiger partial charge in [0.2, 0.25) is 0 Å². The summed E-state index contributed by atoms with van der Waals surface area (Å²) in [6.07, 6.45) is 11.6. The minimum Gasteiger partial charge on any atom is -0.353 e. The maximum absolute atomic E-state index is 4.16. The Morgan fingerprint density at radius 2 is 1.62 bits per heavy atom. The van der Waals surface area contributed by atoms with Crippen molar-refractivity contribution < 1.29 is 0 Å². The third kappa shape index (κ3) is 4.67. The van der Waals surface area contributed by atoms with Crippen LogP contribution in [0.15, 0.2) is 97.6 Å². The zero-order chi connectivity index (χ0) is 23.9. The van der Waals surface area contributed by atoms with Crippen LogP contribution in [0, 0.1) is 6.92 Å². The molecule has 0 unspecified atom stereocenters. The van der Waals surface area contributed by atoms with Gasteiger partial charge in [-0.05, 0) is 73.4 Å². The summed E-state index contributed by atoms with van der Waals surface area (Å²) in [7, 11) is 0. The molecule has 1 aromatic heterocycles. The Morgan fingerprint density at radius 3 is 2.35 bits per heavy atom. The summed E-state index contributed by atoms with van der Waals surface area (Å²) in [6, 6.07) is 27.8. The lowest BCUT2D eigenvalue weighted by atomic mass is 10.0. The van der Waals surface area contributed by atoms with Gasteiger partial charge in [0.1, 0.15) is 0 Å². The normalized spacial score (nSPS) is 11.4. The van der Waals surface area contributed by atoms with E-state index in [1.807, 2.05) is 6.08 Å². The van der Waals surface area contributed by atoms with Gasteiger partial charge in [0.05, 0.1) is 11.0 Å². The topological polar surface area (TPSA) is 20.7 Å². The number of rotatable bonds is 6. The molecule has 34 heavy (non-hydrogen) atoms. The van der Waals surface area contributed by atoms with Crippen LogP contribution in [-0.2, 0) is 0 Å². The van der Waals surface area contributed by atoms with E-state index in [0.29, 0.717) is 0 Å². The van der Waals surface area contributed by atoms with Gasteiger partial charge in [-0.1, -0.05) is 86.3 Å². The Balaban J connectivity index is 2.16. The predicted octanol–water partition coefficient (Wildman–Crippen LogP) is 9.16. The van der Waals surface area contributed by atoms with Crippen molar-refractivity contribution in [3.63, 3.8) is 0 Å². The zero-order valence-corrected chi connectivity index (χ0v) is 20.3. The number of nitrogens with zero attached hydrogens (tertiary/aromatic N) is 1. The molecule has 0 atom stereocenters. The van der Waals surface area contributed by atoms with Crippen LogP contribution in [-0.4, -0.2) is 9.55 Å². The molecule has 0 saturated carbocycles. The van der Waals surface area contributed by atoms with Crippen molar-refractivity contribution in [1.82, 2.24) is 9.55 Å². The van der Waals surface area contributed by atoms with Crippen LogP contribution in [0.5, 0.6) is 0 Å². The Morgan fingerprint density at radius 1 is 0.882 bits per heavy atom. The molecule has 0 bridgehead atoms. The van der Waals surface area contributed by atoms with Crippen molar-refractivity contribution in [2.24, 2.45) is 0 Å². The summed E-state index contributed by atoms with van der Waals surface area (Å²) in [5.74, 6) is 0. The average Bonchev–Trinajstić information content (AvgIpc) is 2.88. The molecule has 1 heterocycles. The molecule has 0 fully saturated rings. The number of para-hydroxylation sites is 2. The number of H-pyrrole nitrogens is 1. The van der Waals surface area contributed by atoms with E-state index in [-0.39, 0.29) is 0 Å². The van der Waals surface area contributed by atoms with Gasteiger partial charge in [0.15, 0.2) is 0 Å². The highest BCUT2D eigenvalue weighted by atomic mass is 15.0. The van der Waals surface area contributed by atoms with E-state index in [2.05, 4.69) is 140 Å². The van der Waals surface area contributed by atoms with E-state index in [1.165, 1.54) is 11.1 Å². The lowest BCUT2D eigenvalue weighted by Crippen LogP contribution is -2.06. The predicted molar refractivity (Wildman–Crippen MR) is 150 cm³/mol. The molecule has 0 aliphatic heterocycles. The van der Waals surface area contributed by atoms with Crippen LogP contribution in [0.2, 0.25) is 0 Å². The molecule has 0 saturated heterocycles. The van der Waals surface area contributed by atoms with E-state index in [4.69, 9.17) is 0 Å². The van der Waals surface area contributed by atoms with Gasteiger partial charge in [0, 0.05) is 22.6 Å². The van der Waals surface area contributed by atoms with Gasteiger partial charge in [-0.25, -0.2) is 0 Å². The molecule has 2 heteroatoms. The first kappa shape index (κ1) is 23.1. The van der Waals surface area contributed by atoms with Crippen LogP contribution < -0.4 is 0 Å². The van der Waals surface area contributed by atoms with Gasteiger partial charge in [-0.3, -0.25) is 0 Å². The van der Waals surface area contributed by atoms with E-state index in [1.54, 1.807) is 0 Å². The standard InChI is InChI=1S/C32H32N2/c1-5-8-20-29-28(7-3)24(4)31(15-6-2)34(32-22-13-12-21-30(32)33-29)27-19-14-18-26(23-27)25-16-10-9-11-17-25/h6-23,33H,3,5H2,1-2,4H3/b15-6-,20-8-,29-28?,31-24?. The van der Waals surface area contributed by atoms with E-state index in [0.717, 1.165) is 45.7 Å². The lowest BCUT2D eigenvalue weighted by molar-refractivity contribution is 1.06. The lowest BCUT2D eigenvalue weighted by Gasteiger charge is -2.19. The first-order valence-electron chi connectivity index (χ1n) is 11.9. The largest absolute Gasteiger partial charge is 0.353 e. The quantitative estimate of drug-likeness (QED) is 0.306. The molecular weight excluding hydrogens is 412 g/mol. The fourth-order valence-electron chi connectivity index (χ4n) is 4.35.